The van der Waals surface area contributed by atoms with Gasteiger partial charge in [-0.3, -0.25) is 9.59 Å². The van der Waals surface area contributed by atoms with Crippen LogP contribution in [-0.4, -0.2) is 37.5 Å². The van der Waals surface area contributed by atoms with Crippen LogP contribution in [0.15, 0.2) is 54.6 Å². The van der Waals surface area contributed by atoms with Gasteiger partial charge in [-0.1, -0.05) is 42.5 Å². The van der Waals surface area contributed by atoms with Crippen LogP contribution in [0.1, 0.15) is 36.2 Å². The van der Waals surface area contributed by atoms with Gasteiger partial charge in [-0.25, -0.2) is 4.79 Å². The molecule has 0 aliphatic heterocycles. The van der Waals surface area contributed by atoms with Gasteiger partial charge in [0.2, 0.25) is 11.8 Å². The largest absolute Gasteiger partial charge is 0.462 e. The van der Waals surface area contributed by atoms with Crippen LogP contribution in [0, 0.1) is 0 Å². The lowest BCUT2D eigenvalue weighted by Crippen LogP contribution is -2.35. The fraction of sp³-hybridized carbons (Fsp3) is 0.318. The van der Waals surface area contributed by atoms with E-state index >= 15 is 0 Å². The van der Waals surface area contributed by atoms with E-state index in [4.69, 9.17) is 4.74 Å². The maximum Gasteiger partial charge on any atom is 0.340 e. The summed E-state index contributed by atoms with van der Waals surface area (Å²) in [7, 11) is 0. The minimum absolute atomic E-state index is 0.143. The number of nitrogens with zero attached hydrogens (tertiary/aromatic N) is 1. The SMILES string of the molecule is CCOC(=O)c1ccccc1N(CCC(=O)NCCc1ccccc1)C(C)=O. The summed E-state index contributed by atoms with van der Waals surface area (Å²) in [5.74, 6) is -0.874. The third-order valence-electron chi connectivity index (χ3n) is 4.21. The first-order chi connectivity index (χ1) is 13.5. The van der Waals surface area contributed by atoms with Crippen LogP contribution in [0.4, 0.5) is 5.69 Å². The van der Waals surface area contributed by atoms with Crippen molar-refractivity contribution in [2.24, 2.45) is 0 Å². The Bertz CT molecular complexity index is 805. The smallest absolute Gasteiger partial charge is 0.340 e. The van der Waals surface area contributed by atoms with Gasteiger partial charge in [0.05, 0.1) is 17.9 Å². The monoisotopic (exact) mass is 382 g/mol. The number of hydrogen-bond acceptors (Lipinski definition) is 4. The van der Waals surface area contributed by atoms with Crippen LogP contribution in [-0.2, 0) is 20.7 Å². The maximum atomic E-state index is 12.2. The van der Waals surface area contributed by atoms with Gasteiger partial charge in [-0.05, 0) is 31.0 Å². The molecule has 2 amide bonds. The number of benzene rings is 2. The third-order valence-corrected chi connectivity index (χ3v) is 4.21. The van der Waals surface area contributed by atoms with E-state index in [0.717, 1.165) is 12.0 Å². The van der Waals surface area contributed by atoms with Gasteiger partial charge >= 0.3 is 5.97 Å². The van der Waals surface area contributed by atoms with E-state index in [2.05, 4.69) is 5.32 Å². The molecule has 148 valence electrons. The van der Waals surface area contributed by atoms with Crippen molar-refractivity contribution in [3.05, 3.63) is 65.7 Å². The number of para-hydroxylation sites is 1. The number of hydrogen-bond donors (Lipinski definition) is 1. The zero-order chi connectivity index (χ0) is 20.4. The highest BCUT2D eigenvalue weighted by molar-refractivity contribution is 6.02. The van der Waals surface area contributed by atoms with Crippen molar-refractivity contribution in [1.82, 2.24) is 5.32 Å². The van der Waals surface area contributed by atoms with Crippen LogP contribution >= 0.6 is 0 Å². The molecular weight excluding hydrogens is 356 g/mol. The van der Waals surface area contributed by atoms with Crippen LogP contribution in [0.3, 0.4) is 0 Å². The second-order valence-electron chi connectivity index (χ2n) is 6.24. The molecule has 1 N–H and O–H groups in total. The molecule has 6 heteroatoms. The molecule has 0 heterocycles. The second-order valence-corrected chi connectivity index (χ2v) is 6.24. The van der Waals surface area contributed by atoms with E-state index in [9.17, 15) is 14.4 Å². The molecule has 2 aromatic carbocycles. The predicted molar refractivity (Wildman–Crippen MR) is 108 cm³/mol. The van der Waals surface area contributed by atoms with Crippen molar-refractivity contribution < 1.29 is 19.1 Å². The highest BCUT2D eigenvalue weighted by Crippen LogP contribution is 2.22. The number of carbonyl (C=O) groups excluding carboxylic acids is 3. The number of carbonyl (C=O) groups is 3. The standard InChI is InChI=1S/C22H26N2O4/c1-3-28-22(27)19-11-7-8-12-20(19)24(17(2)25)16-14-21(26)23-15-13-18-9-5-4-6-10-18/h4-12H,3,13-16H2,1-2H3,(H,23,26). The minimum atomic E-state index is -0.489. The maximum absolute atomic E-state index is 12.2. The van der Waals surface area contributed by atoms with Crippen LogP contribution in [0.5, 0.6) is 0 Å². The van der Waals surface area contributed by atoms with Crippen molar-refractivity contribution in [3.8, 4) is 0 Å². The summed E-state index contributed by atoms with van der Waals surface area (Å²) in [5.41, 5.74) is 1.91. The van der Waals surface area contributed by atoms with Gasteiger partial charge < -0.3 is 15.0 Å². The summed E-state index contributed by atoms with van der Waals surface area (Å²) in [4.78, 5) is 37.9. The van der Waals surface area contributed by atoms with Gasteiger partial charge in [0.1, 0.15) is 0 Å². The average Bonchev–Trinajstić information content (AvgIpc) is 2.69. The fourth-order valence-electron chi connectivity index (χ4n) is 2.83. The van der Waals surface area contributed by atoms with Crippen molar-refractivity contribution in [2.75, 3.05) is 24.6 Å². The highest BCUT2D eigenvalue weighted by Gasteiger charge is 2.20. The molecule has 2 rings (SSSR count). The summed E-state index contributed by atoms with van der Waals surface area (Å²) in [6.45, 7) is 4.10. The van der Waals surface area contributed by atoms with Crippen molar-refractivity contribution >= 4 is 23.5 Å². The molecule has 6 nitrogen and oxygen atoms in total. The first kappa shape index (κ1) is 21.2. The van der Waals surface area contributed by atoms with Gasteiger partial charge in [-0.2, -0.15) is 0 Å². The summed E-state index contributed by atoms with van der Waals surface area (Å²) >= 11 is 0. The number of nitrogens with one attached hydrogen (secondary N) is 1. The Morgan fingerprint density at radius 3 is 2.36 bits per heavy atom. The molecule has 0 radical (unpaired) electrons. The Morgan fingerprint density at radius 2 is 1.68 bits per heavy atom. The van der Waals surface area contributed by atoms with E-state index in [1.54, 1.807) is 31.2 Å². The quantitative estimate of drug-likeness (QED) is 0.677. The van der Waals surface area contributed by atoms with Crippen molar-refractivity contribution in [1.29, 1.82) is 0 Å². The van der Waals surface area contributed by atoms with Gasteiger partial charge in [0.15, 0.2) is 0 Å². The molecule has 0 aromatic heterocycles. The Hall–Kier alpha value is -3.15. The lowest BCUT2D eigenvalue weighted by Gasteiger charge is -2.23. The fourth-order valence-corrected chi connectivity index (χ4v) is 2.83. The molecule has 28 heavy (non-hydrogen) atoms. The third kappa shape index (κ3) is 6.23. The van der Waals surface area contributed by atoms with E-state index in [1.807, 2.05) is 30.3 Å². The number of amides is 2. The molecule has 0 aliphatic carbocycles. The van der Waals surface area contributed by atoms with Gasteiger partial charge in [0, 0.05) is 26.4 Å². The zero-order valence-electron chi connectivity index (χ0n) is 16.3. The Kier molecular flexibility index (Phi) is 8.21. The summed E-state index contributed by atoms with van der Waals surface area (Å²) in [6.07, 6.45) is 0.889. The van der Waals surface area contributed by atoms with Crippen LogP contribution in [0.2, 0.25) is 0 Å². The van der Waals surface area contributed by atoms with E-state index in [-0.39, 0.29) is 31.4 Å². The molecule has 0 bridgehead atoms. The second kappa shape index (κ2) is 10.9. The van der Waals surface area contributed by atoms with E-state index in [0.29, 0.717) is 17.8 Å². The molecule has 0 atom stereocenters. The van der Waals surface area contributed by atoms with Crippen molar-refractivity contribution in [2.45, 2.75) is 26.7 Å². The summed E-state index contributed by atoms with van der Waals surface area (Å²) in [5, 5.41) is 2.87. The molecule has 0 fully saturated rings. The number of anilines is 1. The van der Waals surface area contributed by atoms with Gasteiger partial charge in [0.25, 0.3) is 0 Å². The molecular formula is C22H26N2O4. The van der Waals surface area contributed by atoms with E-state index < -0.39 is 5.97 Å². The highest BCUT2D eigenvalue weighted by atomic mass is 16.5. The molecule has 2 aromatic rings. The number of esters is 1. The molecule has 0 unspecified atom stereocenters. The summed E-state index contributed by atoms with van der Waals surface area (Å²) in [6, 6.07) is 16.6. The first-order valence-electron chi connectivity index (χ1n) is 9.37. The lowest BCUT2D eigenvalue weighted by atomic mass is 10.1. The Morgan fingerprint density at radius 1 is 1.00 bits per heavy atom. The van der Waals surface area contributed by atoms with E-state index in [1.165, 1.54) is 11.8 Å². The molecule has 0 saturated carbocycles. The number of ether oxygens (including phenoxy) is 1. The van der Waals surface area contributed by atoms with Gasteiger partial charge in [-0.15, -0.1) is 0 Å². The first-order valence-corrected chi connectivity index (χ1v) is 9.37. The minimum Gasteiger partial charge on any atom is -0.462 e. The predicted octanol–water partition coefficient (Wildman–Crippen LogP) is 2.97. The molecule has 0 spiro atoms. The normalized spacial score (nSPS) is 10.2. The lowest BCUT2D eigenvalue weighted by molar-refractivity contribution is -0.121. The zero-order valence-corrected chi connectivity index (χ0v) is 16.3. The summed E-state index contributed by atoms with van der Waals surface area (Å²) < 4.78 is 5.06. The van der Waals surface area contributed by atoms with Crippen LogP contribution in [0.25, 0.3) is 0 Å². The number of rotatable bonds is 9. The average molecular weight is 382 g/mol. The molecule has 0 saturated heterocycles. The van der Waals surface area contributed by atoms with Crippen molar-refractivity contribution in [3.63, 3.8) is 0 Å². The van der Waals surface area contributed by atoms with Crippen LogP contribution < -0.4 is 10.2 Å². The topological polar surface area (TPSA) is 75.7 Å². The Balaban J connectivity index is 1.95. The Labute approximate surface area is 165 Å². The molecule has 0 aliphatic rings.